The van der Waals surface area contributed by atoms with Gasteiger partial charge >= 0.3 is 43.4 Å². The Bertz CT molecular complexity index is 4320. The number of aromatic nitrogens is 8. The summed E-state index contributed by atoms with van der Waals surface area (Å²) in [7, 11) is 0. The molecule has 0 aliphatic carbocycles. The molecule has 3 aromatic heterocycles. The molecule has 21 heteroatoms. The van der Waals surface area contributed by atoms with Crippen LogP contribution in [0.4, 0.5) is 0 Å². The minimum atomic E-state index is -1.10. The number of carboxylic acids is 4. The molecule has 2 aliphatic heterocycles. The quantitative estimate of drug-likeness (QED) is 0.0620. The number of carboxylic acid groups (broad SMARTS) is 4. The second-order valence-corrected chi connectivity index (χ2v) is 18.1. The second kappa shape index (κ2) is 20.3. The summed E-state index contributed by atoms with van der Waals surface area (Å²) in [6.07, 6.45) is 0. The fourth-order valence-electron chi connectivity index (χ4n) is 9.37. The van der Waals surface area contributed by atoms with Crippen LogP contribution in [0, 0.1) is 0 Å². The summed E-state index contributed by atoms with van der Waals surface area (Å²) in [5.41, 5.74) is 3.15. The van der Waals surface area contributed by atoms with Crippen molar-refractivity contribution in [2.45, 2.75) is 0 Å². The Kier molecular flexibility index (Phi) is 12.7. The van der Waals surface area contributed by atoms with Crippen molar-refractivity contribution in [2.75, 3.05) is 0 Å². The van der Waals surface area contributed by atoms with Crippen LogP contribution in [0.1, 0.15) is 41.4 Å². The molecule has 6 N–H and O–H groups in total. The topological polar surface area (TPSA) is 295 Å². The van der Waals surface area contributed by atoms with E-state index in [1.54, 1.807) is 84.9 Å². The molecule has 0 amide bonds. The minimum Gasteiger partial charge on any atom is -0.478 e. The normalized spacial score (nSPS) is 11.3. The number of fused-ring (bicyclic) bond motifs is 20. The zero-order valence-corrected chi connectivity index (χ0v) is 44.6. The van der Waals surface area contributed by atoms with E-state index in [1.165, 1.54) is 72.8 Å². The fraction of sp³-hybridized carbons (Fsp3) is 0. The van der Waals surface area contributed by atoms with E-state index >= 15 is 0 Å². The monoisotopic (exact) mass is 1120 g/mol. The van der Waals surface area contributed by atoms with E-state index < -0.39 is 23.9 Å². The van der Waals surface area contributed by atoms with Gasteiger partial charge in [-0.05, 0) is 121 Å². The van der Waals surface area contributed by atoms with Crippen molar-refractivity contribution in [2.24, 2.45) is 0 Å². The van der Waals surface area contributed by atoms with Crippen LogP contribution in [0.15, 0.2) is 170 Å². The van der Waals surface area contributed by atoms with Gasteiger partial charge in [0.1, 0.15) is 68.6 Å². The van der Waals surface area contributed by atoms with Gasteiger partial charge in [0.15, 0.2) is 23.3 Å². The first-order valence-electron chi connectivity index (χ1n) is 24.3. The SMILES string of the molecule is O=C(O)c1ccc(Oc2cccc3c2-c2nc-3nc3[nH]c(nc4nc(nc5[nH]c(n2)c2cccc(Oc6ccc(C(=O)O)cc6)c52)-c2cccc(Oc5ccc(C(=O)O)cc5)c2-4)c2cccc(Oc4ccc(C(=O)O)cc4)c32)cc1.[Zn+2]. The van der Waals surface area contributed by atoms with Crippen LogP contribution in [0.3, 0.4) is 0 Å². The number of aromatic amines is 2. The Morgan fingerprint density at radius 2 is 0.605 bits per heavy atom. The van der Waals surface area contributed by atoms with Crippen LogP contribution in [0.2, 0.25) is 0 Å². The number of ether oxygens (including phenoxy) is 4. The zero-order chi connectivity index (χ0) is 54.8. The molecule has 0 saturated heterocycles. The summed E-state index contributed by atoms with van der Waals surface area (Å²) < 4.78 is 26.0. The molecular weight excluding hydrogens is 1090 g/mol. The van der Waals surface area contributed by atoms with Crippen LogP contribution in [-0.4, -0.2) is 84.2 Å². The van der Waals surface area contributed by atoms with Gasteiger partial charge in [-0.2, -0.15) is 0 Å². The van der Waals surface area contributed by atoms with E-state index in [-0.39, 0.29) is 87.6 Å². The number of rotatable bonds is 12. The maximum atomic E-state index is 11.8. The molecule has 5 heterocycles. The number of aromatic carboxylic acids is 4. The van der Waals surface area contributed by atoms with E-state index in [0.717, 1.165) is 0 Å². The summed E-state index contributed by atoms with van der Waals surface area (Å²) in [4.78, 5) is 84.9. The molecule has 81 heavy (non-hydrogen) atoms. The zero-order valence-electron chi connectivity index (χ0n) is 41.6. The first-order valence-corrected chi connectivity index (χ1v) is 24.3. The molecule has 8 aromatic carbocycles. The van der Waals surface area contributed by atoms with Crippen LogP contribution in [-0.2, 0) is 19.5 Å². The van der Waals surface area contributed by atoms with Gasteiger partial charge in [-0.3, -0.25) is 0 Å². The smallest absolute Gasteiger partial charge is 0.478 e. The minimum absolute atomic E-state index is 0. The van der Waals surface area contributed by atoms with Crippen molar-refractivity contribution in [1.29, 1.82) is 0 Å². The van der Waals surface area contributed by atoms with Crippen molar-refractivity contribution in [3.05, 3.63) is 192 Å². The molecule has 0 fully saturated rings. The molecule has 0 saturated carbocycles. The summed E-state index contributed by atoms with van der Waals surface area (Å²) in [5.74, 6) is -1.15. The number of benzene rings is 8. The summed E-state index contributed by atoms with van der Waals surface area (Å²) in [5, 5.41) is 40.5. The third kappa shape index (κ3) is 9.40. The molecule has 8 bridgehead atoms. The predicted octanol–water partition coefficient (Wildman–Crippen LogP) is 12.8. The molecular formula is C60H34N8O12Zn+2. The van der Waals surface area contributed by atoms with Gasteiger partial charge in [0.25, 0.3) is 0 Å². The molecule has 0 spiro atoms. The summed E-state index contributed by atoms with van der Waals surface area (Å²) >= 11 is 0. The Hall–Kier alpha value is -11.2. The number of hydrogen-bond acceptors (Lipinski definition) is 14. The van der Waals surface area contributed by atoms with Gasteiger partial charge in [-0.15, -0.1) is 0 Å². The molecule has 386 valence electrons. The molecule has 13 rings (SSSR count). The van der Waals surface area contributed by atoms with E-state index in [0.29, 0.717) is 89.8 Å². The van der Waals surface area contributed by atoms with Crippen LogP contribution >= 0.6 is 0 Å². The van der Waals surface area contributed by atoms with Crippen LogP contribution in [0.5, 0.6) is 46.0 Å². The average molecular weight is 1120 g/mol. The van der Waals surface area contributed by atoms with E-state index in [4.69, 9.17) is 48.9 Å². The molecule has 0 radical (unpaired) electrons. The maximum Gasteiger partial charge on any atom is 2.00 e. The van der Waals surface area contributed by atoms with Gasteiger partial charge in [-0.25, -0.2) is 49.1 Å². The molecule has 0 unspecified atom stereocenters. The van der Waals surface area contributed by atoms with E-state index in [1.807, 2.05) is 12.1 Å². The molecule has 11 aromatic rings. The van der Waals surface area contributed by atoms with Crippen LogP contribution in [0.25, 0.3) is 89.7 Å². The molecule has 20 nitrogen and oxygen atoms in total. The van der Waals surface area contributed by atoms with Gasteiger partial charge in [0, 0.05) is 21.9 Å². The van der Waals surface area contributed by atoms with Gasteiger partial charge in [-0.1, -0.05) is 48.5 Å². The Balaban J connectivity index is 0.00000651. The van der Waals surface area contributed by atoms with Crippen LogP contribution < -0.4 is 18.9 Å². The fourth-order valence-corrected chi connectivity index (χ4v) is 9.37. The van der Waals surface area contributed by atoms with E-state index in [9.17, 15) is 39.6 Å². The third-order valence-corrected chi connectivity index (χ3v) is 13.1. The van der Waals surface area contributed by atoms with Gasteiger partial charge in [0.05, 0.1) is 44.2 Å². The standard InChI is InChI=1S/C60H34N8O12.Zn/c69-57(70)29-13-21-33(22-14-29)77-41-9-1-5-37-45(41)53-61-49(37)65-54-46-38(6-2-10-42(46)78-34-23-15-30(16-24-34)58(71)72)51(62-54)67-56-48-40(8-4-12-44(48)80-36-27-19-32(20-28-36)60(75)76)52(64-56)68-55-47-39(50(63-55)66-53)7-3-11-43(47)79-35-25-17-31(18-26-35)59(73)74;/h1-28H,(H,69,70)(H,71,72)(H,73,74)(H,75,76)(H2,61,62,63,64,65,66,67,68);/q;+2. The van der Waals surface area contributed by atoms with Crippen molar-refractivity contribution in [3.63, 3.8) is 0 Å². The van der Waals surface area contributed by atoms with E-state index in [2.05, 4.69) is 9.97 Å². The first-order chi connectivity index (χ1) is 38.9. The second-order valence-electron chi connectivity index (χ2n) is 18.1. The number of nitrogens with one attached hydrogen (secondary N) is 2. The maximum absolute atomic E-state index is 11.8. The molecule has 0 atom stereocenters. The largest absolute Gasteiger partial charge is 2.00 e. The Morgan fingerprint density at radius 3 is 0.926 bits per heavy atom. The third-order valence-electron chi connectivity index (χ3n) is 13.1. The molecule has 2 aliphatic rings. The average Bonchev–Trinajstić information content (AvgIpc) is 4.27. The number of carbonyl (C=O) groups is 4. The van der Waals surface area contributed by atoms with Crippen molar-refractivity contribution in [3.8, 4) is 91.5 Å². The summed E-state index contributed by atoms with van der Waals surface area (Å²) in [6.45, 7) is 0. The Morgan fingerprint density at radius 1 is 0.321 bits per heavy atom. The number of hydrogen-bond donors (Lipinski definition) is 6. The van der Waals surface area contributed by atoms with Gasteiger partial charge < -0.3 is 49.3 Å². The summed E-state index contributed by atoms with van der Waals surface area (Å²) in [6, 6.07) is 45.0. The predicted molar refractivity (Wildman–Crippen MR) is 290 cm³/mol. The van der Waals surface area contributed by atoms with Gasteiger partial charge in [0.2, 0.25) is 0 Å². The van der Waals surface area contributed by atoms with Crippen molar-refractivity contribution in [1.82, 2.24) is 39.9 Å². The Labute approximate surface area is 467 Å². The van der Waals surface area contributed by atoms with Crippen molar-refractivity contribution >= 4 is 68.0 Å². The van der Waals surface area contributed by atoms with Crippen molar-refractivity contribution < 1.29 is 78.0 Å². The first kappa shape index (κ1) is 50.6. The number of H-pyrrole nitrogens is 2. The number of nitrogens with zero attached hydrogens (tertiary/aromatic N) is 6.